The van der Waals surface area contributed by atoms with Gasteiger partial charge in [-0.15, -0.1) is 0 Å². The van der Waals surface area contributed by atoms with Crippen LogP contribution in [0.3, 0.4) is 0 Å². The summed E-state index contributed by atoms with van der Waals surface area (Å²) in [7, 11) is 0. The van der Waals surface area contributed by atoms with Crippen LogP contribution in [0.2, 0.25) is 0 Å². The minimum Gasteiger partial charge on any atom is -0.390 e. The van der Waals surface area contributed by atoms with Crippen LogP contribution in [0, 0.1) is 5.92 Å². The Kier molecular flexibility index (Phi) is 4.50. The second-order valence-electron chi connectivity index (χ2n) is 4.28. The van der Waals surface area contributed by atoms with Crippen molar-refractivity contribution < 1.29 is 19.7 Å². The third kappa shape index (κ3) is 3.51. The molecule has 1 unspecified atom stereocenters. The molecule has 4 nitrogen and oxygen atoms in total. The lowest BCUT2D eigenvalue weighted by Crippen LogP contribution is -2.31. The minimum atomic E-state index is -0.856. The fraction of sp³-hybridized carbons (Fsp3) is 0.538. The molecular weight excluding hydrogens is 220 g/mol. The summed E-state index contributed by atoms with van der Waals surface area (Å²) in [5.74, 6) is -0.231. The fourth-order valence-electron chi connectivity index (χ4n) is 1.97. The molecule has 1 aromatic carbocycles. The maximum Gasteiger partial charge on any atom is 0.159 e. The van der Waals surface area contributed by atoms with E-state index in [0.29, 0.717) is 19.6 Å². The standard InChI is InChI=1S/C13H18O4/c14-12(11-6-7-17-13(11)15)9-16-8-10-4-2-1-3-5-10/h1-5,11-15H,6-9H2/t11?,12-,13+/m1/s1. The number of aliphatic hydroxyl groups is 2. The second kappa shape index (κ2) is 6.12. The molecule has 1 aliphatic heterocycles. The average molecular weight is 238 g/mol. The first kappa shape index (κ1) is 12.5. The highest BCUT2D eigenvalue weighted by Gasteiger charge is 2.32. The van der Waals surface area contributed by atoms with Crippen molar-refractivity contribution in [3.63, 3.8) is 0 Å². The summed E-state index contributed by atoms with van der Waals surface area (Å²) in [6.07, 6.45) is -0.849. The summed E-state index contributed by atoms with van der Waals surface area (Å²) in [6.45, 7) is 1.20. The molecule has 0 spiro atoms. The van der Waals surface area contributed by atoms with E-state index in [9.17, 15) is 10.2 Å². The van der Waals surface area contributed by atoms with E-state index in [1.165, 1.54) is 0 Å². The zero-order valence-electron chi connectivity index (χ0n) is 9.66. The Morgan fingerprint density at radius 2 is 2.12 bits per heavy atom. The predicted octanol–water partition coefficient (Wildman–Crippen LogP) is 0.919. The van der Waals surface area contributed by atoms with Gasteiger partial charge in [-0.05, 0) is 12.0 Å². The monoisotopic (exact) mass is 238 g/mol. The predicted molar refractivity (Wildman–Crippen MR) is 62.2 cm³/mol. The number of ether oxygens (including phenoxy) is 2. The van der Waals surface area contributed by atoms with Crippen molar-refractivity contribution in [3.05, 3.63) is 35.9 Å². The maximum atomic E-state index is 9.83. The van der Waals surface area contributed by atoms with Gasteiger partial charge in [0.05, 0.1) is 25.9 Å². The number of benzene rings is 1. The lowest BCUT2D eigenvalue weighted by atomic mass is 10.0. The summed E-state index contributed by atoms with van der Waals surface area (Å²) in [4.78, 5) is 0. The van der Waals surface area contributed by atoms with Gasteiger partial charge in [-0.2, -0.15) is 0 Å². The first-order chi connectivity index (χ1) is 8.27. The molecule has 0 amide bonds. The number of rotatable bonds is 5. The van der Waals surface area contributed by atoms with Gasteiger partial charge in [-0.1, -0.05) is 30.3 Å². The van der Waals surface area contributed by atoms with Crippen LogP contribution in [0.25, 0.3) is 0 Å². The Balaban J connectivity index is 1.71. The van der Waals surface area contributed by atoms with Crippen molar-refractivity contribution in [2.45, 2.75) is 25.4 Å². The van der Waals surface area contributed by atoms with Gasteiger partial charge in [0, 0.05) is 5.92 Å². The number of aliphatic hydroxyl groups excluding tert-OH is 2. The van der Waals surface area contributed by atoms with Gasteiger partial charge in [-0.25, -0.2) is 0 Å². The van der Waals surface area contributed by atoms with Crippen LogP contribution in [0.15, 0.2) is 30.3 Å². The highest BCUT2D eigenvalue weighted by molar-refractivity contribution is 5.13. The number of hydrogen-bond donors (Lipinski definition) is 2. The molecule has 0 aliphatic carbocycles. The van der Waals surface area contributed by atoms with E-state index < -0.39 is 12.4 Å². The van der Waals surface area contributed by atoms with Crippen molar-refractivity contribution in [3.8, 4) is 0 Å². The Morgan fingerprint density at radius 1 is 1.35 bits per heavy atom. The SMILES string of the molecule is O[C@H](COCc1ccccc1)C1CCO[C@@H]1O. The Bertz CT molecular complexity index is 327. The Hall–Kier alpha value is -0.940. The van der Waals surface area contributed by atoms with Crippen molar-refractivity contribution >= 4 is 0 Å². The molecule has 1 fully saturated rings. The largest absolute Gasteiger partial charge is 0.390 e. The first-order valence-corrected chi connectivity index (χ1v) is 5.87. The zero-order valence-corrected chi connectivity index (χ0v) is 9.66. The summed E-state index contributed by atoms with van der Waals surface area (Å²) in [6, 6.07) is 9.79. The summed E-state index contributed by atoms with van der Waals surface area (Å²) in [5, 5.41) is 19.3. The Labute approximate surface area is 101 Å². The molecule has 94 valence electrons. The van der Waals surface area contributed by atoms with Crippen LogP contribution in [-0.2, 0) is 16.1 Å². The van der Waals surface area contributed by atoms with Crippen molar-refractivity contribution in [1.29, 1.82) is 0 Å². The highest BCUT2D eigenvalue weighted by Crippen LogP contribution is 2.22. The fourth-order valence-corrected chi connectivity index (χ4v) is 1.97. The molecule has 2 rings (SSSR count). The van der Waals surface area contributed by atoms with Crippen LogP contribution in [0.5, 0.6) is 0 Å². The molecule has 1 heterocycles. The number of hydrogen-bond acceptors (Lipinski definition) is 4. The third-order valence-electron chi connectivity index (χ3n) is 3.00. The van der Waals surface area contributed by atoms with Gasteiger partial charge in [0.15, 0.2) is 6.29 Å². The van der Waals surface area contributed by atoms with E-state index in [0.717, 1.165) is 5.56 Å². The van der Waals surface area contributed by atoms with Crippen LogP contribution < -0.4 is 0 Å². The lowest BCUT2D eigenvalue weighted by Gasteiger charge is -2.19. The topological polar surface area (TPSA) is 58.9 Å². The Morgan fingerprint density at radius 3 is 2.76 bits per heavy atom. The van der Waals surface area contributed by atoms with Gasteiger partial charge < -0.3 is 19.7 Å². The van der Waals surface area contributed by atoms with E-state index >= 15 is 0 Å². The molecule has 0 bridgehead atoms. The van der Waals surface area contributed by atoms with Crippen molar-refractivity contribution in [2.24, 2.45) is 5.92 Å². The smallest absolute Gasteiger partial charge is 0.159 e. The van der Waals surface area contributed by atoms with E-state index in [2.05, 4.69) is 0 Å². The molecule has 1 aliphatic rings. The third-order valence-corrected chi connectivity index (χ3v) is 3.00. The summed E-state index contributed by atoms with van der Waals surface area (Å²) < 4.78 is 10.4. The molecule has 4 heteroatoms. The molecule has 2 N–H and O–H groups in total. The van der Waals surface area contributed by atoms with Gasteiger partial charge in [0.25, 0.3) is 0 Å². The lowest BCUT2D eigenvalue weighted by molar-refractivity contribution is -0.117. The maximum absolute atomic E-state index is 9.83. The van der Waals surface area contributed by atoms with Crippen molar-refractivity contribution in [2.75, 3.05) is 13.2 Å². The molecule has 1 saturated heterocycles. The van der Waals surface area contributed by atoms with Crippen molar-refractivity contribution in [1.82, 2.24) is 0 Å². The molecule has 3 atom stereocenters. The van der Waals surface area contributed by atoms with Gasteiger partial charge >= 0.3 is 0 Å². The minimum absolute atomic E-state index is 0.222. The van der Waals surface area contributed by atoms with E-state index in [1.807, 2.05) is 30.3 Å². The van der Waals surface area contributed by atoms with Crippen LogP contribution in [0.1, 0.15) is 12.0 Å². The highest BCUT2D eigenvalue weighted by atomic mass is 16.6. The molecular formula is C13H18O4. The van der Waals surface area contributed by atoms with E-state index in [1.54, 1.807) is 0 Å². The summed E-state index contributed by atoms with van der Waals surface area (Å²) in [5.41, 5.74) is 1.07. The molecule has 17 heavy (non-hydrogen) atoms. The molecule has 1 aromatic rings. The molecule has 0 radical (unpaired) electrons. The second-order valence-corrected chi connectivity index (χ2v) is 4.28. The normalized spacial score (nSPS) is 26.0. The van der Waals surface area contributed by atoms with Crippen LogP contribution in [0.4, 0.5) is 0 Å². The van der Waals surface area contributed by atoms with Gasteiger partial charge in [-0.3, -0.25) is 0 Å². The molecule has 0 aromatic heterocycles. The summed E-state index contributed by atoms with van der Waals surface area (Å²) >= 11 is 0. The van der Waals surface area contributed by atoms with Gasteiger partial charge in [0.2, 0.25) is 0 Å². The van der Waals surface area contributed by atoms with E-state index in [4.69, 9.17) is 9.47 Å². The van der Waals surface area contributed by atoms with Crippen LogP contribution >= 0.6 is 0 Å². The van der Waals surface area contributed by atoms with E-state index in [-0.39, 0.29) is 12.5 Å². The quantitative estimate of drug-likeness (QED) is 0.801. The molecule has 0 saturated carbocycles. The average Bonchev–Trinajstić information content (AvgIpc) is 2.77. The van der Waals surface area contributed by atoms with Gasteiger partial charge in [0.1, 0.15) is 0 Å². The first-order valence-electron chi connectivity index (χ1n) is 5.87. The van der Waals surface area contributed by atoms with Crippen LogP contribution in [-0.4, -0.2) is 35.8 Å². The zero-order chi connectivity index (χ0) is 12.1.